The number of carbonyl (C=O) groups excluding carboxylic acids is 1. The zero-order valence-electron chi connectivity index (χ0n) is 11.8. The second-order valence-electron chi connectivity index (χ2n) is 5.00. The Morgan fingerprint density at radius 3 is 2.63 bits per heavy atom. The molecule has 6 heteroatoms. The number of piperazine rings is 1. The summed E-state index contributed by atoms with van der Waals surface area (Å²) in [6.45, 7) is 7.76. The molecule has 1 fully saturated rings. The largest absolute Gasteiger partial charge is 0.363 e. The van der Waals surface area contributed by atoms with Crippen molar-refractivity contribution < 1.29 is 4.79 Å². The van der Waals surface area contributed by atoms with Crippen LogP contribution in [0.15, 0.2) is 6.07 Å². The first-order valence-electron chi connectivity index (χ1n) is 6.57. The summed E-state index contributed by atoms with van der Waals surface area (Å²) in [7, 11) is 2.13. The Bertz CT molecular complexity index is 454. The van der Waals surface area contributed by atoms with Gasteiger partial charge in [-0.3, -0.25) is 4.79 Å². The lowest BCUT2D eigenvalue weighted by molar-refractivity contribution is -0.115. The average molecular weight is 263 g/mol. The smallest absolute Gasteiger partial charge is 0.148 e. The van der Waals surface area contributed by atoms with Gasteiger partial charge in [0.05, 0.1) is 6.54 Å². The molecule has 1 N–H and O–H groups in total. The molecule has 0 radical (unpaired) electrons. The molecule has 0 saturated carbocycles. The molecule has 1 aliphatic rings. The van der Waals surface area contributed by atoms with Gasteiger partial charge < -0.3 is 15.1 Å². The number of ketones is 1. The maximum absolute atomic E-state index is 11.0. The number of aryl methyl sites for hydroxylation is 1. The van der Waals surface area contributed by atoms with Crippen LogP contribution in [0.1, 0.15) is 12.7 Å². The first-order chi connectivity index (χ1) is 9.04. The number of hydrogen-bond acceptors (Lipinski definition) is 6. The van der Waals surface area contributed by atoms with E-state index < -0.39 is 0 Å². The Morgan fingerprint density at radius 1 is 1.32 bits per heavy atom. The Kier molecular flexibility index (Phi) is 4.31. The van der Waals surface area contributed by atoms with E-state index in [1.54, 1.807) is 6.92 Å². The molecule has 1 saturated heterocycles. The number of rotatable bonds is 4. The minimum Gasteiger partial charge on any atom is -0.363 e. The van der Waals surface area contributed by atoms with Gasteiger partial charge in [0.1, 0.15) is 23.2 Å². The van der Waals surface area contributed by atoms with Crippen LogP contribution in [0.5, 0.6) is 0 Å². The molecule has 1 aromatic rings. The van der Waals surface area contributed by atoms with Gasteiger partial charge in [-0.2, -0.15) is 0 Å². The molecular formula is C13H21N5O. The van der Waals surface area contributed by atoms with E-state index in [-0.39, 0.29) is 5.78 Å². The van der Waals surface area contributed by atoms with E-state index in [9.17, 15) is 4.79 Å². The van der Waals surface area contributed by atoms with Crippen molar-refractivity contribution in [2.24, 2.45) is 0 Å². The van der Waals surface area contributed by atoms with Crippen LogP contribution in [0.4, 0.5) is 11.6 Å². The van der Waals surface area contributed by atoms with Crippen molar-refractivity contribution in [3.63, 3.8) is 0 Å². The van der Waals surface area contributed by atoms with E-state index in [0.29, 0.717) is 6.54 Å². The molecule has 0 spiro atoms. The van der Waals surface area contributed by atoms with Gasteiger partial charge in [-0.15, -0.1) is 0 Å². The molecule has 0 amide bonds. The molecule has 2 heterocycles. The molecule has 1 aliphatic heterocycles. The van der Waals surface area contributed by atoms with Crippen LogP contribution >= 0.6 is 0 Å². The fraction of sp³-hybridized carbons (Fsp3) is 0.615. The molecule has 2 rings (SSSR count). The number of aromatic nitrogens is 2. The number of nitrogens with one attached hydrogen (secondary N) is 1. The third kappa shape index (κ3) is 3.89. The topological polar surface area (TPSA) is 61.4 Å². The maximum atomic E-state index is 11.0. The van der Waals surface area contributed by atoms with E-state index in [2.05, 4.69) is 32.1 Å². The number of anilines is 2. The Hall–Kier alpha value is -1.69. The van der Waals surface area contributed by atoms with Crippen LogP contribution < -0.4 is 10.2 Å². The van der Waals surface area contributed by atoms with E-state index in [4.69, 9.17) is 0 Å². The first-order valence-corrected chi connectivity index (χ1v) is 6.57. The molecule has 0 aromatic carbocycles. The molecule has 0 atom stereocenters. The maximum Gasteiger partial charge on any atom is 0.148 e. The van der Waals surface area contributed by atoms with Crippen molar-refractivity contribution in [3.05, 3.63) is 11.9 Å². The van der Waals surface area contributed by atoms with Crippen molar-refractivity contribution in [2.45, 2.75) is 13.8 Å². The van der Waals surface area contributed by atoms with Crippen molar-refractivity contribution in [2.75, 3.05) is 50.0 Å². The molecule has 19 heavy (non-hydrogen) atoms. The van der Waals surface area contributed by atoms with Gasteiger partial charge in [-0.1, -0.05) is 0 Å². The number of nitrogens with zero attached hydrogens (tertiary/aromatic N) is 4. The summed E-state index contributed by atoms with van der Waals surface area (Å²) in [4.78, 5) is 24.4. The van der Waals surface area contributed by atoms with E-state index in [1.165, 1.54) is 0 Å². The zero-order chi connectivity index (χ0) is 13.8. The van der Waals surface area contributed by atoms with Gasteiger partial charge in [0.2, 0.25) is 0 Å². The lowest BCUT2D eigenvalue weighted by Gasteiger charge is -2.33. The summed E-state index contributed by atoms with van der Waals surface area (Å²) in [6.07, 6.45) is 0. The highest BCUT2D eigenvalue weighted by Crippen LogP contribution is 2.17. The monoisotopic (exact) mass is 263 g/mol. The predicted octanol–water partition coefficient (Wildman–Crippen LogP) is 0.538. The molecular weight excluding hydrogens is 242 g/mol. The Morgan fingerprint density at radius 2 is 2.00 bits per heavy atom. The molecule has 0 aliphatic carbocycles. The summed E-state index contributed by atoms with van der Waals surface area (Å²) in [5.74, 6) is 2.48. The molecule has 0 unspecified atom stereocenters. The summed E-state index contributed by atoms with van der Waals surface area (Å²) >= 11 is 0. The highest BCUT2D eigenvalue weighted by Gasteiger charge is 2.16. The molecule has 0 bridgehead atoms. The Balaban J connectivity index is 2.09. The number of hydrogen-bond donors (Lipinski definition) is 1. The average Bonchev–Trinajstić information content (AvgIpc) is 2.36. The minimum absolute atomic E-state index is 0.0948. The van der Waals surface area contributed by atoms with Crippen molar-refractivity contribution in [1.29, 1.82) is 0 Å². The summed E-state index contributed by atoms with van der Waals surface area (Å²) in [6, 6.07) is 1.92. The van der Waals surface area contributed by atoms with Crippen molar-refractivity contribution in [1.82, 2.24) is 14.9 Å². The SMILES string of the molecule is CC(=O)CNc1cc(N2CCN(C)CC2)nc(C)n1. The molecule has 1 aromatic heterocycles. The van der Waals surface area contributed by atoms with Gasteiger partial charge in [-0.25, -0.2) is 9.97 Å². The number of Topliss-reactive ketones (excluding diaryl/α,β-unsaturated/α-hetero) is 1. The van der Waals surface area contributed by atoms with Gasteiger partial charge in [-0.05, 0) is 20.9 Å². The summed E-state index contributed by atoms with van der Waals surface area (Å²) in [5.41, 5.74) is 0. The van der Waals surface area contributed by atoms with Crippen LogP contribution in [-0.4, -0.2) is 60.4 Å². The molecule has 6 nitrogen and oxygen atoms in total. The van der Waals surface area contributed by atoms with Crippen molar-refractivity contribution in [3.8, 4) is 0 Å². The molecule has 104 valence electrons. The van der Waals surface area contributed by atoms with Crippen LogP contribution in [0.3, 0.4) is 0 Å². The fourth-order valence-corrected chi connectivity index (χ4v) is 2.06. The highest BCUT2D eigenvalue weighted by molar-refractivity contribution is 5.80. The van der Waals surface area contributed by atoms with Crippen LogP contribution in [0.2, 0.25) is 0 Å². The zero-order valence-corrected chi connectivity index (χ0v) is 11.8. The summed E-state index contributed by atoms with van der Waals surface area (Å²) in [5, 5.41) is 3.04. The predicted molar refractivity (Wildman–Crippen MR) is 75.6 cm³/mol. The first kappa shape index (κ1) is 13.7. The minimum atomic E-state index is 0.0948. The second kappa shape index (κ2) is 5.97. The van der Waals surface area contributed by atoms with Gasteiger partial charge >= 0.3 is 0 Å². The van der Waals surface area contributed by atoms with Crippen LogP contribution in [0.25, 0.3) is 0 Å². The lowest BCUT2D eigenvalue weighted by Crippen LogP contribution is -2.44. The third-order valence-corrected chi connectivity index (χ3v) is 3.17. The number of likely N-dealkylation sites (N-methyl/N-ethyl adjacent to an activating group) is 1. The third-order valence-electron chi connectivity index (χ3n) is 3.17. The number of carbonyl (C=O) groups is 1. The van der Waals surface area contributed by atoms with E-state index >= 15 is 0 Å². The van der Waals surface area contributed by atoms with Crippen LogP contribution in [-0.2, 0) is 4.79 Å². The van der Waals surface area contributed by atoms with Crippen molar-refractivity contribution >= 4 is 17.4 Å². The van der Waals surface area contributed by atoms with Gasteiger partial charge in [0.15, 0.2) is 0 Å². The summed E-state index contributed by atoms with van der Waals surface area (Å²) < 4.78 is 0. The van der Waals surface area contributed by atoms with Gasteiger partial charge in [0, 0.05) is 32.2 Å². The normalized spacial score (nSPS) is 16.5. The fourth-order valence-electron chi connectivity index (χ4n) is 2.06. The van der Waals surface area contributed by atoms with Crippen LogP contribution in [0, 0.1) is 6.92 Å². The van der Waals surface area contributed by atoms with Gasteiger partial charge in [0.25, 0.3) is 0 Å². The quantitative estimate of drug-likeness (QED) is 0.855. The standard InChI is InChI=1S/C13H21N5O/c1-10(19)9-14-12-8-13(16-11(2)15-12)18-6-4-17(3)5-7-18/h8H,4-7,9H2,1-3H3,(H,14,15,16). The highest BCUT2D eigenvalue weighted by atomic mass is 16.1. The lowest BCUT2D eigenvalue weighted by atomic mass is 10.3. The van der Waals surface area contributed by atoms with E-state index in [1.807, 2.05) is 13.0 Å². The van der Waals surface area contributed by atoms with E-state index in [0.717, 1.165) is 43.6 Å². The second-order valence-corrected chi connectivity index (χ2v) is 5.00. The Labute approximate surface area is 113 Å².